The summed E-state index contributed by atoms with van der Waals surface area (Å²) in [6.45, 7) is 2.29. The van der Waals surface area contributed by atoms with Gasteiger partial charge in [-0.05, 0) is 19.4 Å². The van der Waals surface area contributed by atoms with E-state index in [2.05, 4.69) is 15.3 Å². The fourth-order valence-electron chi connectivity index (χ4n) is 1.69. The highest BCUT2D eigenvalue weighted by atomic mass is 16.4. The molecule has 0 saturated carbocycles. The summed E-state index contributed by atoms with van der Waals surface area (Å²) in [6, 6.07) is -0.951. The second-order valence-electron chi connectivity index (χ2n) is 4.51. The number of carboxylic acids is 1. The number of nitrogens with one attached hydrogen (secondary N) is 2. The van der Waals surface area contributed by atoms with Gasteiger partial charge < -0.3 is 21.1 Å². The van der Waals surface area contributed by atoms with Crippen LogP contribution in [0, 0.1) is 5.92 Å². The number of aromatic nitrogens is 2. The Kier molecular flexibility index (Phi) is 6.01. The van der Waals surface area contributed by atoms with Gasteiger partial charge in [0.05, 0.1) is 6.33 Å². The molecule has 1 aromatic rings. The molecule has 1 heterocycles. The highest BCUT2D eigenvalue weighted by molar-refractivity contribution is 5.84. The zero-order valence-corrected chi connectivity index (χ0v) is 10.9. The SMILES string of the molecule is CC(CCCN)C(=O)N[C@@H](Cc1cnc[nH]1)C(=O)O. The third kappa shape index (κ3) is 5.09. The van der Waals surface area contributed by atoms with Gasteiger partial charge in [0.15, 0.2) is 0 Å². The largest absolute Gasteiger partial charge is 0.480 e. The monoisotopic (exact) mass is 268 g/mol. The third-order valence-corrected chi connectivity index (χ3v) is 2.88. The number of amides is 1. The lowest BCUT2D eigenvalue weighted by molar-refractivity contribution is -0.142. The summed E-state index contributed by atoms with van der Waals surface area (Å²) in [5.74, 6) is -1.57. The number of aromatic amines is 1. The molecule has 0 saturated heterocycles. The van der Waals surface area contributed by atoms with E-state index < -0.39 is 12.0 Å². The molecule has 0 fully saturated rings. The van der Waals surface area contributed by atoms with E-state index in [1.54, 1.807) is 13.1 Å². The van der Waals surface area contributed by atoms with Crippen LogP contribution in [0.2, 0.25) is 0 Å². The van der Waals surface area contributed by atoms with Crippen LogP contribution in [0.3, 0.4) is 0 Å². The van der Waals surface area contributed by atoms with Crippen LogP contribution in [0.5, 0.6) is 0 Å². The number of hydrogen-bond donors (Lipinski definition) is 4. The van der Waals surface area contributed by atoms with Crippen LogP contribution in [-0.4, -0.2) is 39.5 Å². The number of nitrogens with zero attached hydrogens (tertiary/aromatic N) is 1. The number of hydrogen-bond acceptors (Lipinski definition) is 4. The minimum atomic E-state index is -1.06. The zero-order chi connectivity index (χ0) is 14.3. The van der Waals surface area contributed by atoms with Gasteiger partial charge in [0.25, 0.3) is 0 Å². The van der Waals surface area contributed by atoms with Crippen LogP contribution >= 0.6 is 0 Å². The molecule has 1 unspecified atom stereocenters. The second-order valence-corrected chi connectivity index (χ2v) is 4.51. The second kappa shape index (κ2) is 7.52. The molecule has 0 bridgehead atoms. The molecule has 0 aliphatic carbocycles. The first-order valence-electron chi connectivity index (χ1n) is 6.25. The first kappa shape index (κ1) is 15.2. The van der Waals surface area contributed by atoms with Crippen molar-refractivity contribution < 1.29 is 14.7 Å². The molecule has 106 valence electrons. The summed E-state index contributed by atoms with van der Waals surface area (Å²) in [6.07, 6.45) is 4.59. The van der Waals surface area contributed by atoms with E-state index in [0.29, 0.717) is 18.7 Å². The van der Waals surface area contributed by atoms with Crippen LogP contribution < -0.4 is 11.1 Å². The number of imidazole rings is 1. The fourth-order valence-corrected chi connectivity index (χ4v) is 1.69. The van der Waals surface area contributed by atoms with Gasteiger partial charge in [0.1, 0.15) is 6.04 Å². The van der Waals surface area contributed by atoms with Crippen molar-refractivity contribution in [2.45, 2.75) is 32.2 Å². The van der Waals surface area contributed by atoms with Gasteiger partial charge in [0, 0.05) is 24.2 Å². The Morgan fingerprint density at radius 2 is 2.32 bits per heavy atom. The van der Waals surface area contributed by atoms with Crippen LogP contribution in [-0.2, 0) is 16.0 Å². The molecule has 19 heavy (non-hydrogen) atoms. The molecule has 0 aliphatic heterocycles. The summed E-state index contributed by atoms with van der Waals surface area (Å²) in [5.41, 5.74) is 6.05. The smallest absolute Gasteiger partial charge is 0.326 e. The van der Waals surface area contributed by atoms with Crippen LogP contribution in [0.15, 0.2) is 12.5 Å². The van der Waals surface area contributed by atoms with Gasteiger partial charge in [0.2, 0.25) is 5.91 Å². The number of aliphatic carboxylic acids is 1. The number of rotatable bonds is 8. The summed E-state index contributed by atoms with van der Waals surface area (Å²) in [5, 5.41) is 11.6. The minimum Gasteiger partial charge on any atom is -0.480 e. The Labute approximate surface area is 111 Å². The Balaban J connectivity index is 2.53. The van der Waals surface area contributed by atoms with Crippen molar-refractivity contribution in [3.63, 3.8) is 0 Å². The molecule has 2 atom stereocenters. The van der Waals surface area contributed by atoms with E-state index in [4.69, 9.17) is 10.8 Å². The van der Waals surface area contributed by atoms with Crippen molar-refractivity contribution >= 4 is 11.9 Å². The van der Waals surface area contributed by atoms with E-state index in [9.17, 15) is 9.59 Å². The van der Waals surface area contributed by atoms with Gasteiger partial charge in [-0.1, -0.05) is 6.92 Å². The van der Waals surface area contributed by atoms with Crippen molar-refractivity contribution in [1.82, 2.24) is 15.3 Å². The number of nitrogens with two attached hydrogens (primary N) is 1. The quantitative estimate of drug-likeness (QED) is 0.524. The summed E-state index contributed by atoms with van der Waals surface area (Å²) >= 11 is 0. The fraction of sp³-hybridized carbons (Fsp3) is 0.583. The minimum absolute atomic E-state index is 0.185. The molecule has 1 aromatic heterocycles. The summed E-state index contributed by atoms with van der Waals surface area (Å²) < 4.78 is 0. The lowest BCUT2D eigenvalue weighted by Gasteiger charge is -2.17. The first-order chi connectivity index (χ1) is 9.04. The van der Waals surface area contributed by atoms with E-state index in [1.165, 1.54) is 6.33 Å². The van der Waals surface area contributed by atoms with Gasteiger partial charge in [-0.3, -0.25) is 4.79 Å². The molecule has 1 amide bonds. The number of H-pyrrole nitrogens is 1. The average Bonchev–Trinajstić information content (AvgIpc) is 2.87. The van der Waals surface area contributed by atoms with Crippen LogP contribution in [0.1, 0.15) is 25.5 Å². The summed E-state index contributed by atoms with van der Waals surface area (Å²) in [7, 11) is 0. The maximum atomic E-state index is 11.9. The van der Waals surface area contributed by atoms with Crippen molar-refractivity contribution in [2.75, 3.05) is 6.54 Å². The maximum Gasteiger partial charge on any atom is 0.326 e. The molecule has 0 aliphatic rings. The lowest BCUT2D eigenvalue weighted by atomic mass is 10.0. The van der Waals surface area contributed by atoms with Crippen LogP contribution in [0.25, 0.3) is 0 Å². The molecule has 0 radical (unpaired) electrons. The Hall–Kier alpha value is -1.89. The standard InChI is InChI=1S/C12H20N4O3/c1-8(3-2-4-13)11(17)16-10(12(18)19)5-9-6-14-7-15-9/h6-8,10H,2-5,13H2,1H3,(H,14,15)(H,16,17)(H,18,19)/t8?,10-/m0/s1. The van der Waals surface area contributed by atoms with E-state index in [-0.39, 0.29) is 18.2 Å². The number of carboxylic acid groups (broad SMARTS) is 1. The Bertz CT molecular complexity index is 405. The highest BCUT2D eigenvalue weighted by Crippen LogP contribution is 2.06. The Morgan fingerprint density at radius 3 is 2.84 bits per heavy atom. The topological polar surface area (TPSA) is 121 Å². The predicted molar refractivity (Wildman–Crippen MR) is 69.3 cm³/mol. The molecule has 0 aromatic carbocycles. The van der Waals surface area contributed by atoms with Crippen LogP contribution in [0.4, 0.5) is 0 Å². The van der Waals surface area contributed by atoms with Gasteiger partial charge >= 0.3 is 5.97 Å². The molecular weight excluding hydrogens is 248 g/mol. The molecule has 1 rings (SSSR count). The van der Waals surface area contributed by atoms with E-state index in [0.717, 1.165) is 6.42 Å². The van der Waals surface area contributed by atoms with Gasteiger partial charge in [-0.25, -0.2) is 9.78 Å². The van der Waals surface area contributed by atoms with Crippen molar-refractivity contribution in [3.8, 4) is 0 Å². The van der Waals surface area contributed by atoms with E-state index in [1.807, 2.05) is 0 Å². The third-order valence-electron chi connectivity index (χ3n) is 2.88. The Morgan fingerprint density at radius 1 is 1.58 bits per heavy atom. The predicted octanol–water partition coefficient (Wildman–Crippen LogP) is -0.103. The summed E-state index contributed by atoms with van der Waals surface area (Å²) in [4.78, 5) is 29.6. The van der Waals surface area contributed by atoms with Gasteiger partial charge in [-0.15, -0.1) is 0 Å². The van der Waals surface area contributed by atoms with Crippen molar-refractivity contribution in [1.29, 1.82) is 0 Å². The zero-order valence-electron chi connectivity index (χ0n) is 10.9. The number of carbonyl (C=O) groups is 2. The molecule has 0 spiro atoms. The normalized spacial score (nSPS) is 13.8. The molecule has 7 heteroatoms. The first-order valence-corrected chi connectivity index (χ1v) is 6.25. The maximum absolute atomic E-state index is 11.9. The molecular formula is C12H20N4O3. The highest BCUT2D eigenvalue weighted by Gasteiger charge is 2.23. The van der Waals surface area contributed by atoms with Crippen molar-refractivity contribution in [3.05, 3.63) is 18.2 Å². The molecule has 7 nitrogen and oxygen atoms in total. The van der Waals surface area contributed by atoms with Crippen molar-refractivity contribution in [2.24, 2.45) is 11.7 Å². The molecule has 5 N–H and O–H groups in total. The van der Waals surface area contributed by atoms with Gasteiger partial charge in [-0.2, -0.15) is 0 Å². The average molecular weight is 268 g/mol. The number of carbonyl (C=O) groups excluding carboxylic acids is 1. The lowest BCUT2D eigenvalue weighted by Crippen LogP contribution is -2.44. The van der Waals surface area contributed by atoms with E-state index >= 15 is 0 Å².